The molecule has 0 aromatic heterocycles. The summed E-state index contributed by atoms with van der Waals surface area (Å²) in [5.41, 5.74) is 7.26. The normalized spacial score (nSPS) is 19.8. The molecule has 0 bridgehead atoms. The zero-order valence-corrected chi connectivity index (χ0v) is 10.2. The highest BCUT2D eigenvalue weighted by atomic mass is 16.6. The number of ether oxygens (including phenoxy) is 2. The van der Waals surface area contributed by atoms with E-state index in [1.807, 2.05) is 31.2 Å². The van der Waals surface area contributed by atoms with E-state index in [1.165, 1.54) is 0 Å². The van der Waals surface area contributed by atoms with Crippen LogP contribution in [0.3, 0.4) is 0 Å². The van der Waals surface area contributed by atoms with Gasteiger partial charge in [-0.2, -0.15) is 0 Å². The lowest BCUT2D eigenvalue weighted by Crippen LogP contribution is -2.44. The van der Waals surface area contributed by atoms with Gasteiger partial charge in [0.05, 0.1) is 0 Å². The van der Waals surface area contributed by atoms with Gasteiger partial charge >= 0.3 is 0 Å². The SMILES string of the molecule is C=C(C)CCC(N)C1COc2ccccc2O1. The van der Waals surface area contributed by atoms with Crippen LogP contribution in [0.15, 0.2) is 36.4 Å². The molecule has 92 valence electrons. The highest BCUT2D eigenvalue weighted by molar-refractivity contribution is 5.40. The Balaban J connectivity index is 1.95. The first-order chi connectivity index (χ1) is 8.16. The van der Waals surface area contributed by atoms with Crippen molar-refractivity contribution in [1.82, 2.24) is 0 Å². The molecule has 0 spiro atoms. The number of benzene rings is 1. The molecule has 3 nitrogen and oxygen atoms in total. The third kappa shape index (κ3) is 3.01. The van der Waals surface area contributed by atoms with Crippen LogP contribution in [0.5, 0.6) is 11.5 Å². The molecule has 1 aliphatic rings. The van der Waals surface area contributed by atoms with E-state index in [1.54, 1.807) is 0 Å². The molecule has 2 unspecified atom stereocenters. The Labute approximate surface area is 102 Å². The molecule has 1 aromatic carbocycles. The summed E-state index contributed by atoms with van der Waals surface area (Å²) in [5.74, 6) is 1.59. The van der Waals surface area contributed by atoms with Gasteiger partial charge in [-0.1, -0.05) is 17.7 Å². The van der Waals surface area contributed by atoms with Crippen LogP contribution < -0.4 is 15.2 Å². The Bertz CT molecular complexity index is 403. The van der Waals surface area contributed by atoms with Crippen molar-refractivity contribution in [3.8, 4) is 11.5 Å². The van der Waals surface area contributed by atoms with Gasteiger partial charge in [-0.05, 0) is 31.9 Å². The lowest BCUT2D eigenvalue weighted by Gasteiger charge is -2.30. The lowest BCUT2D eigenvalue weighted by molar-refractivity contribution is 0.0702. The standard InChI is InChI=1S/C14H19NO2/c1-10(2)7-8-11(15)14-9-16-12-5-3-4-6-13(12)17-14/h3-6,11,14H,1,7-9,15H2,2H3. The van der Waals surface area contributed by atoms with E-state index in [0.717, 1.165) is 29.9 Å². The molecule has 3 heteroatoms. The fourth-order valence-electron chi connectivity index (χ4n) is 1.85. The largest absolute Gasteiger partial charge is 0.486 e. The fraction of sp³-hybridized carbons (Fsp3) is 0.429. The van der Waals surface area contributed by atoms with E-state index < -0.39 is 0 Å². The Morgan fingerprint density at radius 3 is 2.88 bits per heavy atom. The van der Waals surface area contributed by atoms with Gasteiger partial charge in [0.1, 0.15) is 12.7 Å². The van der Waals surface area contributed by atoms with E-state index >= 15 is 0 Å². The molecule has 1 aliphatic heterocycles. The molecule has 2 rings (SSSR count). The van der Waals surface area contributed by atoms with Crippen molar-refractivity contribution in [1.29, 1.82) is 0 Å². The molecule has 1 heterocycles. The monoisotopic (exact) mass is 233 g/mol. The van der Waals surface area contributed by atoms with Crippen LogP contribution in [0.2, 0.25) is 0 Å². The maximum absolute atomic E-state index is 6.11. The third-order valence-corrected chi connectivity index (χ3v) is 2.91. The molecule has 0 radical (unpaired) electrons. The van der Waals surface area contributed by atoms with Gasteiger partial charge in [-0.15, -0.1) is 6.58 Å². The van der Waals surface area contributed by atoms with Crippen molar-refractivity contribution in [2.45, 2.75) is 31.9 Å². The van der Waals surface area contributed by atoms with E-state index in [0.29, 0.717) is 6.61 Å². The van der Waals surface area contributed by atoms with Crippen LogP contribution in [0, 0.1) is 0 Å². The summed E-state index contributed by atoms with van der Waals surface area (Å²) < 4.78 is 11.5. The zero-order chi connectivity index (χ0) is 12.3. The summed E-state index contributed by atoms with van der Waals surface area (Å²) in [4.78, 5) is 0. The third-order valence-electron chi connectivity index (χ3n) is 2.91. The smallest absolute Gasteiger partial charge is 0.161 e. The Morgan fingerprint density at radius 1 is 1.47 bits per heavy atom. The highest BCUT2D eigenvalue weighted by Gasteiger charge is 2.25. The van der Waals surface area contributed by atoms with Crippen LogP contribution >= 0.6 is 0 Å². The maximum Gasteiger partial charge on any atom is 0.161 e. The maximum atomic E-state index is 6.11. The first-order valence-corrected chi connectivity index (χ1v) is 5.95. The van der Waals surface area contributed by atoms with Crippen LogP contribution in [0.25, 0.3) is 0 Å². The number of nitrogens with two attached hydrogens (primary N) is 1. The Morgan fingerprint density at radius 2 is 2.18 bits per heavy atom. The molecule has 17 heavy (non-hydrogen) atoms. The number of para-hydroxylation sites is 2. The molecule has 1 aromatic rings. The fourth-order valence-corrected chi connectivity index (χ4v) is 1.85. The van der Waals surface area contributed by atoms with Crippen LogP contribution in [0.1, 0.15) is 19.8 Å². The molecule has 0 fully saturated rings. The minimum absolute atomic E-state index is 0.0138. The van der Waals surface area contributed by atoms with Crippen molar-refractivity contribution in [3.05, 3.63) is 36.4 Å². The quantitative estimate of drug-likeness (QED) is 0.813. The zero-order valence-electron chi connectivity index (χ0n) is 10.2. The molecular weight excluding hydrogens is 214 g/mol. The summed E-state index contributed by atoms with van der Waals surface area (Å²) in [6.45, 7) is 6.42. The van der Waals surface area contributed by atoms with Crippen molar-refractivity contribution >= 4 is 0 Å². The van der Waals surface area contributed by atoms with Gasteiger partial charge in [0.25, 0.3) is 0 Å². The van der Waals surface area contributed by atoms with E-state index in [9.17, 15) is 0 Å². The average molecular weight is 233 g/mol. The van der Waals surface area contributed by atoms with Crippen molar-refractivity contribution in [2.75, 3.05) is 6.61 Å². The van der Waals surface area contributed by atoms with Gasteiger partial charge in [-0.3, -0.25) is 0 Å². The van der Waals surface area contributed by atoms with Gasteiger partial charge in [-0.25, -0.2) is 0 Å². The van der Waals surface area contributed by atoms with E-state index in [-0.39, 0.29) is 12.1 Å². The van der Waals surface area contributed by atoms with Crippen LogP contribution in [-0.4, -0.2) is 18.8 Å². The molecule has 2 atom stereocenters. The van der Waals surface area contributed by atoms with E-state index in [4.69, 9.17) is 15.2 Å². The van der Waals surface area contributed by atoms with Crippen molar-refractivity contribution < 1.29 is 9.47 Å². The first-order valence-electron chi connectivity index (χ1n) is 5.95. The number of allylic oxidation sites excluding steroid dienone is 1. The molecule has 0 amide bonds. The van der Waals surface area contributed by atoms with Crippen molar-refractivity contribution in [2.24, 2.45) is 5.73 Å². The number of rotatable bonds is 4. The van der Waals surface area contributed by atoms with Gasteiger partial charge in [0, 0.05) is 6.04 Å². The number of hydrogen-bond donors (Lipinski definition) is 1. The summed E-state index contributed by atoms with van der Waals surface area (Å²) in [6, 6.07) is 7.67. The highest BCUT2D eigenvalue weighted by Crippen LogP contribution is 2.31. The number of fused-ring (bicyclic) bond motifs is 1. The lowest BCUT2D eigenvalue weighted by atomic mass is 10.0. The first kappa shape index (κ1) is 12.0. The predicted octanol–water partition coefficient (Wildman–Crippen LogP) is 2.51. The molecular formula is C14H19NO2. The topological polar surface area (TPSA) is 44.5 Å². The second-order valence-corrected chi connectivity index (χ2v) is 4.57. The summed E-state index contributed by atoms with van der Waals surface area (Å²) in [7, 11) is 0. The van der Waals surface area contributed by atoms with Crippen molar-refractivity contribution in [3.63, 3.8) is 0 Å². The van der Waals surface area contributed by atoms with Gasteiger partial charge in [0.15, 0.2) is 11.5 Å². The van der Waals surface area contributed by atoms with Gasteiger partial charge in [0.2, 0.25) is 0 Å². The van der Waals surface area contributed by atoms with Crippen LogP contribution in [0.4, 0.5) is 0 Å². The molecule has 0 saturated heterocycles. The summed E-state index contributed by atoms with van der Waals surface area (Å²) in [6.07, 6.45) is 1.75. The Kier molecular flexibility index (Phi) is 3.69. The molecule has 0 aliphatic carbocycles. The number of hydrogen-bond acceptors (Lipinski definition) is 3. The van der Waals surface area contributed by atoms with Gasteiger partial charge < -0.3 is 15.2 Å². The van der Waals surface area contributed by atoms with E-state index in [2.05, 4.69) is 6.58 Å². The summed E-state index contributed by atoms with van der Waals surface area (Å²) in [5, 5.41) is 0. The predicted molar refractivity (Wildman–Crippen MR) is 68.4 cm³/mol. The minimum atomic E-state index is -0.0655. The van der Waals surface area contributed by atoms with Crippen LogP contribution in [-0.2, 0) is 0 Å². The minimum Gasteiger partial charge on any atom is -0.486 e. The average Bonchev–Trinajstić information content (AvgIpc) is 2.35. The molecule has 0 saturated carbocycles. The second kappa shape index (κ2) is 5.23. The summed E-state index contributed by atoms with van der Waals surface area (Å²) >= 11 is 0. The molecule has 2 N–H and O–H groups in total. The Hall–Kier alpha value is -1.48. The second-order valence-electron chi connectivity index (χ2n) is 4.57.